The summed E-state index contributed by atoms with van der Waals surface area (Å²) in [6.07, 6.45) is 11.0. The number of benzene rings is 7. The standard InChI is InChI=1S/C60H51N9/c1-7-34-19-13-25-40-41-26-14-20-35(8-2)56(41)67(55(34)40)46-31-61-49-52(64-46)50-54(66-47(32-62-50)68-57-36(9-3)21-15-27-42(57)43-28-16-22-37(10-4)58(43)68)51-53(49)65-48(33-63-51)69-59-38(11-5)23-17-29-44(59)45-30-18-24-39(12-6)60(45)69/h13-33H,7-12H2,1-6H3. The highest BCUT2D eigenvalue weighted by molar-refractivity contribution is 6.19. The largest absolute Gasteiger partial charge is 0.292 e. The third-order valence-corrected chi connectivity index (χ3v) is 14.9. The molecule has 0 aliphatic rings. The van der Waals surface area contributed by atoms with Crippen LogP contribution in [-0.2, 0) is 38.5 Å². The number of hydrogen-bond donors (Lipinski definition) is 0. The molecular weight excluding hydrogens is 847 g/mol. The fourth-order valence-electron chi connectivity index (χ4n) is 11.6. The van der Waals surface area contributed by atoms with Gasteiger partial charge in [0.25, 0.3) is 0 Å². The molecule has 0 saturated heterocycles. The molecule has 9 heteroatoms. The molecule has 0 fully saturated rings. The van der Waals surface area contributed by atoms with Crippen LogP contribution in [0.3, 0.4) is 0 Å². The first-order valence-corrected chi connectivity index (χ1v) is 24.7. The first kappa shape index (κ1) is 41.2. The molecule has 7 aromatic carbocycles. The molecular formula is C60H51N9. The summed E-state index contributed by atoms with van der Waals surface area (Å²) in [5, 5.41) is 7.24. The molecule has 0 aliphatic heterocycles. The van der Waals surface area contributed by atoms with Crippen LogP contribution < -0.4 is 0 Å². The molecule has 13 aromatic rings. The first-order valence-electron chi connectivity index (χ1n) is 24.7. The van der Waals surface area contributed by atoms with E-state index in [2.05, 4.69) is 164 Å². The third-order valence-electron chi connectivity index (χ3n) is 14.9. The van der Waals surface area contributed by atoms with Gasteiger partial charge in [0.1, 0.15) is 33.1 Å². The van der Waals surface area contributed by atoms with Crippen LogP contribution in [0.1, 0.15) is 74.9 Å². The van der Waals surface area contributed by atoms with Gasteiger partial charge in [-0.2, -0.15) is 0 Å². The minimum Gasteiger partial charge on any atom is -0.292 e. The minimum atomic E-state index is 0.634. The van der Waals surface area contributed by atoms with Crippen LogP contribution in [0, 0.1) is 0 Å². The number of aryl methyl sites for hydroxylation is 6. The van der Waals surface area contributed by atoms with Gasteiger partial charge in [-0.25, -0.2) is 29.9 Å². The summed E-state index contributed by atoms with van der Waals surface area (Å²) in [7, 11) is 0. The lowest BCUT2D eigenvalue weighted by molar-refractivity contribution is 1.02. The van der Waals surface area contributed by atoms with Gasteiger partial charge in [0.05, 0.1) is 51.7 Å². The van der Waals surface area contributed by atoms with Crippen molar-refractivity contribution in [1.82, 2.24) is 43.6 Å². The van der Waals surface area contributed by atoms with Crippen molar-refractivity contribution in [2.45, 2.75) is 80.1 Å². The Labute approximate surface area is 399 Å². The van der Waals surface area contributed by atoms with Crippen LogP contribution in [0.5, 0.6) is 0 Å². The molecule has 0 N–H and O–H groups in total. The molecule has 13 rings (SSSR count). The highest BCUT2D eigenvalue weighted by atomic mass is 15.1. The van der Waals surface area contributed by atoms with Crippen molar-refractivity contribution in [2.75, 3.05) is 0 Å². The van der Waals surface area contributed by atoms with E-state index in [1.165, 1.54) is 65.7 Å². The van der Waals surface area contributed by atoms with Gasteiger partial charge < -0.3 is 0 Å². The van der Waals surface area contributed by atoms with E-state index in [9.17, 15) is 0 Å². The zero-order valence-corrected chi connectivity index (χ0v) is 39.9. The summed E-state index contributed by atoms with van der Waals surface area (Å²) in [6.45, 7) is 13.3. The Morgan fingerprint density at radius 3 is 0.667 bits per heavy atom. The average molecular weight is 898 g/mol. The molecule has 336 valence electrons. The van der Waals surface area contributed by atoms with Crippen molar-refractivity contribution in [3.63, 3.8) is 0 Å². The Morgan fingerprint density at radius 1 is 0.275 bits per heavy atom. The predicted molar refractivity (Wildman–Crippen MR) is 285 cm³/mol. The Balaban J connectivity index is 1.18. The van der Waals surface area contributed by atoms with E-state index >= 15 is 0 Å². The average Bonchev–Trinajstić information content (AvgIpc) is 4.07. The van der Waals surface area contributed by atoms with Crippen LogP contribution in [0.25, 0.3) is 116 Å². The van der Waals surface area contributed by atoms with Crippen molar-refractivity contribution < 1.29 is 0 Å². The maximum Gasteiger partial charge on any atom is 0.157 e. The minimum absolute atomic E-state index is 0.634. The van der Waals surface area contributed by atoms with Crippen molar-refractivity contribution in [1.29, 1.82) is 0 Å². The number of hydrogen-bond acceptors (Lipinski definition) is 6. The van der Waals surface area contributed by atoms with Gasteiger partial charge >= 0.3 is 0 Å². The zero-order valence-electron chi connectivity index (χ0n) is 39.9. The quantitative estimate of drug-likeness (QED) is 0.134. The lowest BCUT2D eigenvalue weighted by atomic mass is 10.1. The first-order chi connectivity index (χ1) is 34.0. The normalized spacial score (nSPS) is 12.3. The van der Waals surface area contributed by atoms with Crippen LogP contribution >= 0.6 is 0 Å². The lowest BCUT2D eigenvalue weighted by Gasteiger charge is -2.16. The SMILES string of the molecule is CCc1cccc2c3cccc(CC)c3n(-c3cnc4c(n3)c3ncc(-n5c6c(CC)cccc6c6cccc(CC)c65)nc3c3ncc(-n5c6c(CC)cccc6c6cccc(CC)c65)nc43)c12. The van der Waals surface area contributed by atoms with Gasteiger partial charge in [-0.1, -0.05) is 151 Å². The highest BCUT2D eigenvalue weighted by Gasteiger charge is 2.25. The predicted octanol–water partition coefficient (Wildman–Crippen LogP) is 14.2. The van der Waals surface area contributed by atoms with Crippen molar-refractivity contribution in [3.8, 4) is 17.5 Å². The van der Waals surface area contributed by atoms with E-state index in [4.69, 9.17) is 29.9 Å². The number of aromatic nitrogens is 9. The van der Waals surface area contributed by atoms with Gasteiger partial charge in [-0.05, 0) is 71.9 Å². The molecule has 0 saturated carbocycles. The van der Waals surface area contributed by atoms with Gasteiger partial charge in [0.2, 0.25) is 0 Å². The van der Waals surface area contributed by atoms with Crippen molar-refractivity contribution in [3.05, 3.63) is 161 Å². The molecule has 0 spiro atoms. The molecule has 6 heterocycles. The van der Waals surface area contributed by atoms with E-state index < -0.39 is 0 Å². The van der Waals surface area contributed by atoms with E-state index in [0.717, 1.165) is 89.1 Å². The topological polar surface area (TPSA) is 92.1 Å². The van der Waals surface area contributed by atoms with Gasteiger partial charge in [0, 0.05) is 32.3 Å². The second-order valence-corrected chi connectivity index (χ2v) is 18.3. The van der Waals surface area contributed by atoms with E-state index in [1.54, 1.807) is 0 Å². The van der Waals surface area contributed by atoms with Crippen molar-refractivity contribution in [2.24, 2.45) is 0 Å². The second kappa shape index (κ2) is 15.8. The fraction of sp³-hybridized carbons (Fsp3) is 0.200. The molecule has 0 radical (unpaired) electrons. The monoisotopic (exact) mass is 897 g/mol. The Morgan fingerprint density at radius 2 is 0.478 bits per heavy atom. The summed E-state index contributed by atoms with van der Waals surface area (Å²) in [6, 6.07) is 39.8. The second-order valence-electron chi connectivity index (χ2n) is 18.3. The van der Waals surface area contributed by atoms with Crippen LogP contribution in [0.15, 0.2) is 128 Å². The van der Waals surface area contributed by atoms with E-state index in [1.807, 2.05) is 18.6 Å². The van der Waals surface area contributed by atoms with E-state index in [-0.39, 0.29) is 0 Å². The number of rotatable bonds is 9. The highest BCUT2D eigenvalue weighted by Crippen LogP contribution is 2.41. The van der Waals surface area contributed by atoms with E-state index in [0.29, 0.717) is 33.1 Å². The van der Waals surface area contributed by atoms with Crippen LogP contribution in [-0.4, -0.2) is 43.6 Å². The van der Waals surface area contributed by atoms with Gasteiger partial charge in [0.15, 0.2) is 17.5 Å². The van der Waals surface area contributed by atoms with Crippen LogP contribution in [0.2, 0.25) is 0 Å². The van der Waals surface area contributed by atoms with Gasteiger partial charge in [-0.15, -0.1) is 0 Å². The Bertz CT molecular complexity index is 3630. The smallest absolute Gasteiger partial charge is 0.157 e. The number of nitrogens with zero attached hydrogens (tertiary/aromatic N) is 9. The molecule has 0 amide bonds. The fourth-order valence-corrected chi connectivity index (χ4v) is 11.6. The molecule has 0 atom stereocenters. The molecule has 6 aromatic heterocycles. The molecule has 0 bridgehead atoms. The maximum absolute atomic E-state index is 5.66. The number of para-hydroxylation sites is 6. The summed E-state index contributed by atoms with van der Waals surface area (Å²) >= 11 is 0. The Hall–Kier alpha value is -8.04. The molecule has 0 aliphatic carbocycles. The summed E-state index contributed by atoms with van der Waals surface area (Å²) in [5.41, 5.74) is 18.2. The zero-order chi connectivity index (χ0) is 46.7. The third kappa shape index (κ3) is 5.76. The molecule has 0 unspecified atom stereocenters. The Kier molecular flexibility index (Phi) is 9.41. The van der Waals surface area contributed by atoms with Crippen molar-refractivity contribution >= 4 is 98.5 Å². The molecule has 9 nitrogen and oxygen atoms in total. The number of fused-ring (bicyclic) bond motifs is 15. The maximum atomic E-state index is 5.66. The summed E-state index contributed by atoms with van der Waals surface area (Å²) in [5.74, 6) is 2.18. The molecule has 69 heavy (non-hydrogen) atoms. The summed E-state index contributed by atoms with van der Waals surface area (Å²) < 4.78 is 7.01. The van der Waals surface area contributed by atoms with Crippen LogP contribution in [0.4, 0.5) is 0 Å². The van der Waals surface area contributed by atoms with Gasteiger partial charge in [-0.3, -0.25) is 13.7 Å². The summed E-state index contributed by atoms with van der Waals surface area (Å²) in [4.78, 5) is 33.1. The lowest BCUT2D eigenvalue weighted by Crippen LogP contribution is -2.07.